The van der Waals surface area contributed by atoms with Crippen LogP contribution in [0, 0.1) is 5.92 Å². The number of amides is 1. The van der Waals surface area contributed by atoms with Crippen molar-refractivity contribution < 1.29 is 4.79 Å². The number of hydrogen-bond donors (Lipinski definition) is 1. The van der Waals surface area contributed by atoms with E-state index in [1.165, 1.54) is 12.8 Å². The van der Waals surface area contributed by atoms with Crippen LogP contribution in [0.3, 0.4) is 0 Å². The molecule has 2 unspecified atom stereocenters. The number of nitrogens with one attached hydrogen (secondary N) is 1. The Morgan fingerprint density at radius 3 is 2.45 bits per heavy atom. The molecular weight excluding hydrogens is 162 g/mol. The Bertz CT molecular complexity index is 154. The quantitative estimate of drug-likeness (QED) is 0.648. The fraction of sp³-hybridized carbons (Fsp3) is 0.875. The van der Waals surface area contributed by atoms with Crippen LogP contribution in [-0.4, -0.2) is 17.3 Å². The molecule has 1 aliphatic rings. The molecule has 1 amide bonds. The van der Waals surface area contributed by atoms with E-state index in [-0.39, 0.29) is 5.91 Å². The van der Waals surface area contributed by atoms with Gasteiger partial charge in [-0.25, -0.2) is 0 Å². The first-order chi connectivity index (χ1) is 5.11. The predicted octanol–water partition coefficient (Wildman–Crippen LogP) is 1.53. The smallest absolute Gasteiger partial charge is 0.237 e. The molecule has 1 saturated carbocycles. The second kappa shape index (κ2) is 3.44. The van der Waals surface area contributed by atoms with Crippen LogP contribution in [0.1, 0.15) is 26.7 Å². The minimum Gasteiger partial charge on any atom is -0.352 e. The monoisotopic (exact) mass is 175 g/mol. The summed E-state index contributed by atoms with van der Waals surface area (Å²) in [6.07, 6.45) is 2.50. The van der Waals surface area contributed by atoms with Gasteiger partial charge in [0.15, 0.2) is 0 Å². The lowest BCUT2D eigenvalue weighted by Gasteiger charge is -2.13. The van der Waals surface area contributed by atoms with Gasteiger partial charge in [-0.2, -0.15) is 0 Å². The SMILES string of the molecule is CC(Cl)C(=O)NC(C)C1CC1. The van der Waals surface area contributed by atoms with E-state index in [0.29, 0.717) is 12.0 Å². The van der Waals surface area contributed by atoms with Gasteiger partial charge in [-0.15, -0.1) is 11.6 Å². The average Bonchev–Trinajstić information content (AvgIpc) is 2.67. The van der Waals surface area contributed by atoms with Crippen LogP contribution >= 0.6 is 11.6 Å². The van der Waals surface area contributed by atoms with Gasteiger partial charge in [-0.05, 0) is 32.6 Å². The molecule has 0 bridgehead atoms. The molecule has 0 spiro atoms. The number of halogens is 1. The van der Waals surface area contributed by atoms with Crippen LogP contribution in [0.15, 0.2) is 0 Å². The van der Waals surface area contributed by atoms with Gasteiger partial charge < -0.3 is 5.32 Å². The first-order valence-electron chi connectivity index (χ1n) is 4.05. The van der Waals surface area contributed by atoms with Crippen molar-refractivity contribution in [1.29, 1.82) is 0 Å². The van der Waals surface area contributed by atoms with Crippen molar-refractivity contribution in [2.75, 3.05) is 0 Å². The van der Waals surface area contributed by atoms with Crippen molar-refractivity contribution in [1.82, 2.24) is 5.32 Å². The fourth-order valence-corrected chi connectivity index (χ4v) is 1.12. The van der Waals surface area contributed by atoms with E-state index < -0.39 is 5.38 Å². The number of carbonyl (C=O) groups excluding carboxylic acids is 1. The first kappa shape index (κ1) is 8.85. The van der Waals surface area contributed by atoms with Gasteiger partial charge in [0.25, 0.3) is 0 Å². The molecule has 64 valence electrons. The average molecular weight is 176 g/mol. The number of hydrogen-bond acceptors (Lipinski definition) is 1. The Hall–Kier alpha value is -0.240. The van der Waals surface area contributed by atoms with Crippen molar-refractivity contribution in [3.05, 3.63) is 0 Å². The molecule has 2 atom stereocenters. The summed E-state index contributed by atoms with van der Waals surface area (Å²) < 4.78 is 0. The minimum absolute atomic E-state index is 0.0499. The summed E-state index contributed by atoms with van der Waals surface area (Å²) in [6, 6.07) is 0.309. The summed E-state index contributed by atoms with van der Waals surface area (Å²) in [5.41, 5.74) is 0. The van der Waals surface area contributed by atoms with E-state index in [1.807, 2.05) is 6.92 Å². The molecule has 0 aromatic rings. The van der Waals surface area contributed by atoms with Gasteiger partial charge in [0.2, 0.25) is 5.91 Å². The van der Waals surface area contributed by atoms with Crippen LogP contribution in [0.4, 0.5) is 0 Å². The highest BCUT2D eigenvalue weighted by molar-refractivity contribution is 6.30. The van der Waals surface area contributed by atoms with Crippen LogP contribution in [-0.2, 0) is 4.79 Å². The van der Waals surface area contributed by atoms with E-state index in [2.05, 4.69) is 5.32 Å². The molecule has 1 rings (SSSR count). The summed E-state index contributed by atoms with van der Waals surface area (Å²) in [5, 5.41) is 2.46. The van der Waals surface area contributed by atoms with E-state index in [4.69, 9.17) is 11.6 Å². The maximum atomic E-state index is 11.0. The molecule has 0 aromatic carbocycles. The summed E-state index contributed by atoms with van der Waals surface area (Å²) in [4.78, 5) is 11.0. The Kier molecular flexibility index (Phi) is 2.77. The molecule has 0 heterocycles. The first-order valence-corrected chi connectivity index (χ1v) is 4.49. The molecule has 1 fully saturated rings. The molecule has 0 aromatic heterocycles. The lowest BCUT2D eigenvalue weighted by atomic mass is 10.2. The normalized spacial score (nSPS) is 22.5. The Morgan fingerprint density at radius 1 is 1.55 bits per heavy atom. The van der Waals surface area contributed by atoms with Gasteiger partial charge in [0.1, 0.15) is 5.38 Å². The van der Waals surface area contributed by atoms with Crippen LogP contribution in [0.2, 0.25) is 0 Å². The summed E-state index contributed by atoms with van der Waals surface area (Å²) >= 11 is 5.59. The van der Waals surface area contributed by atoms with Gasteiger partial charge in [0, 0.05) is 6.04 Å². The Balaban J connectivity index is 2.23. The highest BCUT2D eigenvalue weighted by Crippen LogP contribution is 2.32. The third kappa shape index (κ3) is 2.70. The van der Waals surface area contributed by atoms with Gasteiger partial charge in [-0.1, -0.05) is 0 Å². The molecule has 2 nitrogen and oxygen atoms in total. The summed E-state index contributed by atoms with van der Waals surface area (Å²) in [5.74, 6) is 0.653. The highest BCUT2D eigenvalue weighted by atomic mass is 35.5. The standard InChI is InChI=1S/C8H14ClNO/c1-5(9)8(11)10-6(2)7-3-4-7/h5-7H,3-4H2,1-2H3,(H,10,11). The van der Waals surface area contributed by atoms with Crippen molar-refractivity contribution in [3.63, 3.8) is 0 Å². The lowest BCUT2D eigenvalue weighted by molar-refractivity contribution is -0.121. The van der Waals surface area contributed by atoms with Crippen molar-refractivity contribution >= 4 is 17.5 Å². The lowest BCUT2D eigenvalue weighted by Crippen LogP contribution is -2.37. The zero-order valence-electron chi connectivity index (χ0n) is 6.93. The van der Waals surface area contributed by atoms with Gasteiger partial charge in [0.05, 0.1) is 0 Å². The van der Waals surface area contributed by atoms with Gasteiger partial charge in [-0.3, -0.25) is 4.79 Å². The fourth-order valence-electron chi connectivity index (χ4n) is 1.05. The van der Waals surface area contributed by atoms with Crippen molar-refractivity contribution in [2.45, 2.75) is 38.1 Å². The third-order valence-electron chi connectivity index (χ3n) is 2.06. The largest absolute Gasteiger partial charge is 0.352 e. The van der Waals surface area contributed by atoms with Gasteiger partial charge >= 0.3 is 0 Å². The summed E-state index contributed by atoms with van der Waals surface area (Å²) in [6.45, 7) is 3.73. The van der Waals surface area contributed by atoms with Crippen molar-refractivity contribution in [2.24, 2.45) is 5.92 Å². The van der Waals surface area contributed by atoms with Crippen LogP contribution < -0.4 is 5.32 Å². The molecule has 3 heteroatoms. The highest BCUT2D eigenvalue weighted by Gasteiger charge is 2.29. The molecule has 0 radical (unpaired) electrons. The van der Waals surface area contributed by atoms with E-state index >= 15 is 0 Å². The summed E-state index contributed by atoms with van der Waals surface area (Å²) in [7, 11) is 0. The predicted molar refractivity (Wildman–Crippen MR) is 45.6 cm³/mol. The molecular formula is C8H14ClNO. The van der Waals surface area contributed by atoms with Crippen LogP contribution in [0.25, 0.3) is 0 Å². The maximum Gasteiger partial charge on any atom is 0.237 e. The second-order valence-corrected chi connectivity index (χ2v) is 3.91. The van der Waals surface area contributed by atoms with E-state index in [9.17, 15) is 4.79 Å². The number of carbonyl (C=O) groups is 1. The van der Waals surface area contributed by atoms with E-state index in [0.717, 1.165) is 0 Å². The maximum absolute atomic E-state index is 11.0. The molecule has 0 saturated heterocycles. The molecule has 1 N–H and O–H groups in total. The molecule has 1 aliphatic carbocycles. The second-order valence-electron chi connectivity index (χ2n) is 3.25. The zero-order chi connectivity index (χ0) is 8.43. The minimum atomic E-state index is -0.406. The number of rotatable bonds is 3. The molecule has 11 heavy (non-hydrogen) atoms. The Labute approximate surface area is 72.3 Å². The topological polar surface area (TPSA) is 29.1 Å². The molecule has 0 aliphatic heterocycles. The van der Waals surface area contributed by atoms with Crippen LogP contribution in [0.5, 0.6) is 0 Å². The van der Waals surface area contributed by atoms with Crippen molar-refractivity contribution in [3.8, 4) is 0 Å². The zero-order valence-corrected chi connectivity index (χ0v) is 7.69. The number of alkyl halides is 1. The third-order valence-corrected chi connectivity index (χ3v) is 2.26. The Morgan fingerprint density at radius 2 is 2.09 bits per heavy atom. The van der Waals surface area contributed by atoms with E-state index in [1.54, 1.807) is 6.92 Å².